The number of anilines is 1. The zero-order valence-electron chi connectivity index (χ0n) is 20.4. The van der Waals surface area contributed by atoms with Crippen LogP contribution in [0.1, 0.15) is 25.7 Å². The molecule has 8 heteroatoms. The van der Waals surface area contributed by atoms with Gasteiger partial charge in [0.1, 0.15) is 11.4 Å². The van der Waals surface area contributed by atoms with Gasteiger partial charge in [-0.25, -0.2) is 0 Å². The number of aromatic nitrogens is 2. The Kier molecular flexibility index (Phi) is 6.59. The van der Waals surface area contributed by atoms with Crippen molar-refractivity contribution in [2.24, 2.45) is 0 Å². The van der Waals surface area contributed by atoms with Crippen LogP contribution < -0.4 is 15.2 Å². The fourth-order valence-electron chi connectivity index (χ4n) is 5.07. The third-order valence-electron chi connectivity index (χ3n) is 7.12. The number of allylic oxidation sites excluding steroid dienone is 4. The van der Waals surface area contributed by atoms with E-state index >= 15 is 0 Å². The van der Waals surface area contributed by atoms with E-state index in [9.17, 15) is 4.79 Å². The largest absolute Gasteiger partial charge is 0.449 e. The highest BCUT2D eigenvalue weighted by molar-refractivity contribution is 6.29. The maximum absolute atomic E-state index is 13.8. The standard InChI is InChI=1S/C29H28ClN3O4/c30-23-8-10-24(11-9-23)33-28(34)27(37-25-12-6-22(7-13-25)21-4-2-1-3-5-21)26(20-31-33)32-16-14-29(15-17-32)35-18-19-36-29/h1-8,10,12-13,20H,9,11,14-19H2. The molecule has 3 aliphatic rings. The van der Waals surface area contributed by atoms with Crippen LogP contribution in [0.5, 0.6) is 11.5 Å². The number of piperidine rings is 1. The molecular weight excluding hydrogens is 490 g/mol. The van der Waals surface area contributed by atoms with E-state index < -0.39 is 5.79 Å². The number of benzene rings is 2. The van der Waals surface area contributed by atoms with Gasteiger partial charge in [-0.2, -0.15) is 9.78 Å². The van der Waals surface area contributed by atoms with E-state index in [1.54, 1.807) is 6.20 Å². The Labute approximate surface area is 220 Å². The van der Waals surface area contributed by atoms with Gasteiger partial charge in [-0.15, -0.1) is 0 Å². The summed E-state index contributed by atoms with van der Waals surface area (Å²) in [5.41, 5.74) is 3.36. The fourth-order valence-corrected chi connectivity index (χ4v) is 5.23. The van der Waals surface area contributed by atoms with Crippen molar-refractivity contribution in [3.63, 3.8) is 0 Å². The van der Waals surface area contributed by atoms with Crippen LogP contribution in [0.2, 0.25) is 0 Å². The van der Waals surface area contributed by atoms with E-state index in [0.717, 1.165) is 34.7 Å². The van der Waals surface area contributed by atoms with Crippen molar-refractivity contribution in [1.82, 2.24) is 9.78 Å². The van der Waals surface area contributed by atoms with Crippen LogP contribution in [-0.4, -0.2) is 41.9 Å². The number of hydrogen-bond donors (Lipinski definition) is 0. The van der Waals surface area contributed by atoms with Crippen LogP contribution >= 0.6 is 11.6 Å². The van der Waals surface area contributed by atoms with E-state index in [2.05, 4.69) is 22.1 Å². The van der Waals surface area contributed by atoms with Crippen LogP contribution in [0.3, 0.4) is 0 Å². The van der Waals surface area contributed by atoms with E-state index in [1.165, 1.54) is 4.68 Å². The molecule has 0 saturated carbocycles. The molecule has 0 bridgehead atoms. The van der Waals surface area contributed by atoms with Crippen LogP contribution in [0.15, 0.2) is 82.8 Å². The molecule has 0 atom stereocenters. The average molecular weight is 518 g/mol. The molecule has 0 N–H and O–H groups in total. The molecule has 1 spiro atoms. The SMILES string of the molecule is O=c1c(Oc2ccc(-c3ccccc3)cc2)c(N2CCC3(CC2)OCCO3)cnn1C1=CC=C(Cl)CC1. The zero-order chi connectivity index (χ0) is 25.2. The molecule has 190 valence electrons. The highest BCUT2D eigenvalue weighted by Crippen LogP contribution is 2.37. The summed E-state index contributed by atoms with van der Waals surface area (Å²) >= 11 is 6.14. The molecule has 0 radical (unpaired) electrons. The second-order valence-corrected chi connectivity index (χ2v) is 9.92. The molecule has 7 nitrogen and oxygen atoms in total. The lowest BCUT2D eigenvalue weighted by Gasteiger charge is -2.38. The van der Waals surface area contributed by atoms with Gasteiger partial charge >= 0.3 is 5.56 Å². The molecule has 37 heavy (non-hydrogen) atoms. The van der Waals surface area contributed by atoms with Gasteiger partial charge in [0.15, 0.2) is 5.79 Å². The van der Waals surface area contributed by atoms with Crippen LogP contribution in [0, 0.1) is 0 Å². The maximum Gasteiger partial charge on any atom is 0.316 e. The maximum atomic E-state index is 13.8. The van der Waals surface area contributed by atoms with E-state index in [4.69, 9.17) is 25.8 Å². The van der Waals surface area contributed by atoms with Gasteiger partial charge in [0, 0.05) is 36.7 Å². The number of nitrogens with zero attached hydrogens (tertiary/aromatic N) is 3. The van der Waals surface area contributed by atoms with Crippen molar-refractivity contribution in [3.05, 3.63) is 88.3 Å². The van der Waals surface area contributed by atoms with Crippen molar-refractivity contribution >= 4 is 23.0 Å². The Morgan fingerprint density at radius 2 is 1.59 bits per heavy atom. The minimum atomic E-state index is -0.508. The smallest absolute Gasteiger partial charge is 0.316 e. The summed E-state index contributed by atoms with van der Waals surface area (Å²) in [4.78, 5) is 15.9. The van der Waals surface area contributed by atoms with Crippen LogP contribution in [0.4, 0.5) is 5.69 Å². The second-order valence-electron chi connectivity index (χ2n) is 9.43. The van der Waals surface area contributed by atoms with E-state index in [1.807, 2.05) is 54.6 Å². The molecule has 2 aliphatic heterocycles. The molecule has 2 saturated heterocycles. The molecular formula is C29H28ClN3O4. The third kappa shape index (κ3) is 4.94. The summed E-state index contributed by atoms with van der Waals surface area (Å²) in [7, 11) is 0. The van der Waals surface area contributed by atoms with Gasteiger partial charge in [-0.05, 0) is 48.3 Å². The van der Waals surface area contributed by atoms with E-state index in [0.29, 0.717) is 50.6 Å². The van der Waals surface area contributed by atoms with Gasteiger partial charge < -0.3 is 19.1 Å². The summed E-state index contributed by atoms with van der Waals surface area (Å²) in [6.45, 7) is 2.60. The van der Waals surface area contributed by atoms with E-state index in [-0.39, 0.29) is 11.3 Å². The predicted molar refractivity (Wildman–Crippen MR) is 144 cm³/mol. The average Bonchev–Trinajstić information content (AvgIpc) is 3.40. The Bertz CT molecular complexity index is 1380. The Morgan fingerprint density at radius 1 is 0.892 bits per heavy atom. The number of hydrogen-bond acceptors (Lipinski definition) is 6. The lowest BCUT2D eigenvalue weighted by atomic mass is 10.0. The normalized spacial score (nSPS) is 19.0. The number of halogens is 1. The van der Waals surface area contributed by atoms with Crippen LogP contribution in [-0.2, 0) is 9.47 Å². The van der Waals surface area contributed by atoms with Crippen molar-refractivity contribution in [1.29, 1.82) is 0 Å². The molecule has 2 aromatic carbocycles. The Balaban J connectivity index is 1.33. The lowest BCUT2D eigenvalue weighted by molar-refractivity contribution is -0.169. The quantitative estimate of drug-likeness (QED) is 0.426. The third-order valence-corrected chi connectivity index (χ3v) is 7.44. The molecule has 2 fully saturated rings. The van der Waals surface area contributed by atoms with Crippen molar-refractivity contribution in [3.8, 4) is 22.6 Å². The molecule has 6 rings (SSSR count). The topological polar surface area (TPSA) is 65.8 Å². The van der Waals surface area contributed by atoms with Gasteiger partial charge in [-0.1, -0.05) is 54.1 Å². The van der Waals surface area contributed by atoms with Gasteiger partial charge in [-0.3, -0.25) is 4.79 Å². The Hall–Kier alpha value is -3.39. The summed E-state index contributed by atoms with van der Waals surface area (Å²) < 4.78 is 19.5. The molecule has 0 amide bonds. The minimum Gasteiger partial charge on any atom is -0.449 e. The number of ether oxygens (including phenoxy) is 3. The van der Waals surface area contributed by atoms with Gasteiger partial charge in [0.25, 0.3) is 0 Å². The summed E-state index contributed by atoms with van der Waals surface area (Å²) in [6.07, 6.45) is 8.13. The molecule has 3 aromatic rings. The first-order valence-electron chi connectivity index (χ1n) is 12.6. The first-order valence-corrected chi connectivity index (χ1v) is 13.0. The Morgan fingerprint density at radius 3 is 2.27 bits per heavy atom. The first kappa shape index (κ1) is 24.0. The van der Waals surface area contributed by atoms with Crippen molar-refractivity contribution < 1.29 is 14.2 Å². The summed E-state index contributed by atoms with van der Waals surface area (Å²) in [5, 5.41) is 5.29. The first-order chi connectivity index (χ1) is 18.1. The van der Waals surface area contributed by atoms with Gasteiger partial charge in [0.05, 0.1) is 19.4 Å². The molecule has 0 unspecified atom stereocenters. The molecule has 1 aliphatic carbocycles. The number of rotatable bonds is 5. The minimum absolute atomic E-state index is 0.258. The fraction of sp³-hybridized carbons (Fsp3) is 0.310. The summed E-state index contributed by atoms with van der Waals surface area (Å²) in [5.74, 6) is 0.339. The molecule has 1 aromatic heterocycles. The molecule has 3 heterocycles. The zero-order valence-corrected chi connectivity index (χ0v) is 21.2. The lowest BCUT2D eigenvalue weighted by Crippen LogP contribution is -2.45. The van der Waals surface area contributed by atoms with Crippen molar-refractivity contribution in [2.75, 3.05) is 31.2 Å². The van der Waals surface area contributed by atoms with Crippen LogP contribution in [0.25, 0.3) is 16.8 Å². The highest BCUT2D eigenvalue weighted by Gasteiger charge is 2.40. The monoisotopic (exact) mass is 517 g/mol. The van der Waals surface area contributed by atoms with Gasteiger partial charge in [0.2, 0.25) is 5.75 Å². The van der Waals surface area contributed by atoms with Crippen molar-refractivity contribution in [2.45, 2.75) is 31.5 Å². The second kappa shape index (κ2) is 10.2. The highest BCUT2D eigenvalue weighted by atomic mass is 35.5. The summed E-state index contributed by atoms with van der Waals surface area (Å²) in [6, 6.07) is 17.9. The predicted octanol–water partition coefficient (Wildman–Crippen LogP) is 5.80.